The summed E-state index contributed by atoms with van der Waals surface area (Å²) >= 11 is 0. The molecule has 0 amide bonds. The van der Waals surface area contributed by atoms with E-state index in [1.807, 2.05) is 0 Å². The van der Waals surface area contributed by atoms with E-state index in [4.69, 9.17) is 13.9 Å². The second-order valence-electron chi connectivity index (χ2n) is 7.43. The SMILES string of the molecule is C.C[C@@H]1O[C@@H](Oc2cc(O)c3c(=O)c(O)c(-c4ccc(O)c(O)c4)oc3c2)[C@H](O)[C@H](O)[C@H]1O. The van der Waals surface area contributed by atoms with Gasteiger partial charge >= 0.3 is 0 Å². The van der Waals surface area contributed by atoms with Crippen molar-refractivity contribution in [2.75, 3.05) is 0 Å². The Labute approximate surface area is 186 Å². The van der Waals surface area contributed by atoms with Gasteiger partial charge in [0, 0.05) is 17.7 Å². The molecule has 1 saturated heterocycles. The van der Waals surface area contributed by atoms with E-state index in [-0.39, 0.29) is 35.5 Å². The number of benzene rings is 2. The molecule has 3 aromatic rings. The van der Waals surface area contributed by atoms with Crippen molar-refractivity contribution in [2.24, 2.45) is 0 Å². The topological polar surface area (TPSA) is 190 Å². The summed E-state index contributed by atoms with van der Waals surface area (Å²) in [7, 11) is 0. The van der Waals surface area contributed by atoms with Crippen LogP contribution < -0.4 is 10.2 Å². The second kappa shape index (κ2) is 8.79. The highest BCUT2D eigenvalue weighted by atomic mass is 16.7. The number of fused-ring (bicyclic) bond motifs is 1. The number of aromatic hydroxyl groups is 4. The molecule has 33 heavy (non-hydrogen) atoms. The number of ether oxygens (including phenoxy) is 2. The van der Waals surface area contributed by atoms with Crippen molar-refractivity contribution >= 4 is 11.0 Å². The third kappa shape index (κ3) is 4.14. The van der Waals surface area contributed by atoms with Crippen molar-refractivity contribution in [3.8, 4) is 40.1 Å². The Morgan fingerprint density at radius 1 is 0.879 bits per heavy atom. The lowest BCUT2D eigenvalue weighted by molar-refractivity contribution is -0.268. The molecule has 2 heterocycles. The summed E-state index contributed by atoms with van der Waals surface area (Å²) in [5.74, 6) is -2.80. The van der Waals surface area contributed by atoms with Crippen LogP contribution in [0, 0.1) is 0 Å². The van der Waals surface area contributed by atoms with Gasteiger partial charge in [-0.1, -0.05) is 7.43 Å². The molecular formula is C22H24O11. The normalized spacial score (nSPS) is 24.9. The summed E-state index contributed by atoms with van der Waals surface area (Å²) in [6.07, 6.45) is -6.75. The summed E-state index contributed by atoms with van der Waals surface area (Å²) in [6.45, 7) is 1.47. The molecule has 1 fully saturated rings. The number of rotatable bonds is 3. The fourth-order valence-electron chi connectivity index (χ4n) is 3.44. The van der Waals surface area contributed by atoms with Crippen molar-refractivity contribution in [1.82, 2.24) is 0 Å². The number of aliphatic hydroxyl groups is 3. The Bertz CT molecular complexity index is 1240. The van der Waals surface area contributed by atoms with Crippen LogP contribution in [0.5, 0.6) is 28.7 Å². The molecule has 1 aliphatic heterocycles. The first kappa shape index (κ1) is 24.1. The number of phenols is 3. The minimum atomic E-state index is -1.61. The van der Waals surface area contributed by atoms with E-state index in [1.54, 1.807) is 0 Å². The number of phenolic OH excluding ortho intramolecular Hbond substituents is 3. The van der Waals surface area contributed by atoms with Gasteiger partial charge in [-0.15, -0.1) is 0 Å². The number of aliphatic hydroxyl groups excluding tert-OH is 3. The van der Waals surface area contributed by atoms with Crippen molar-refractivity contribution in [2.45, 2.75) is 45.1 Å². The first-order chi connectivity index (χ1) is 15.1. The average molecular weight is 464 g/mol. The highest BCUT2D eigenvalue weighted by Gasteiger charge is 2.43. The maximum absolute atomic E-state index is 12.6. The third-order valence-electron chi connectivity index (χ3n) is 5.22. The van der Waals surface area contributed by atoms with Gasteiger partial charge in [-0.2, -0.15) is 0 Å². The van der Waals surface area contributed by atoms with Gasteiger partial charge in [-0.3, -0.25) is 4.79 Å². The van der Waals surface area contributed by atoms with Crippen LogP contribution in [0.1, 0.15) is 14.4 Å². The molecule has 0 spiro atoms. The predicted molar refractivity (Wildman–Crippen MR) is 114 cm³/mol. The number of hydrogen-bond donors (Lipinski definition) is 7. The lowest BCUT2D eigenvalue weighted by Crippen LogP contribution is -2.58. The zero-order valence-corrected chi connectivity index (χ0v) is 16.5. The molecule has 11 heteroatoms. The van der Waals surface area contributed by atoms with Crippen LogP contribution in [0.3, 0.4) is 0 Å². The molecule has 2 aromatic carbocycles. The second-order valence-corrected chi connectivity index (χ2v) is 7.43. The summed E-state index contributed by atoms with van der Waals surface area (Å²) in [6, 6.07) is 5.72. The first-order valence-electron chi connectivity index (χ1n) is 9.50. The highest BCUT2D eigenvalue weighted by Crippen LogP contribution is 2.38. The molecule has 5 atom stereocenters. The predicted octanol–water partition coefficient (Wildman–Crippen LogP) is 1.12. The first-order valence-corrected chi connectivity index (χ1v) is 9.50. The van der Waals surface area contributed by atoms with E-state index in [0.717, 1.165) is 18.2 Å². The van der Waals surface area contributed by atoms with Crippen molar-refractivity contribution in [3.05, 3.63) is 40.6 Å². The van der Waals surface area contributed by atoms with Gasteiger partial charge in [0.25, 0.3) is 0 Å². The van der Waals surface area contributed by atoms with E-state index in [0.29, 0.717) is 0 Å². The standard InChI is InChI=1S/C21H20O11.CH4/c1-7-15(25)17(27)19(29)21(30-7)31-9-5-12(24)14-13(6-9)32-20(18(28)16(14)26)8-2-3-10(22)11(23)4-8;/h2-7,15,17,19,21-25,27-29H,1H3;1H4/t7-,15-,17+,19+,21-;/m0./s1. The zero-order chi connectivity index (χ0) is 23.3. The molecule has 1 aromatic heterocycles. The van der Waals surface area contributed by atoms with Crippen LogP contribution in [-0.2, 0) is 4.74 Å². The smallest absolute Gasteiger partial charge is 0.238 e. The molecule has 0 unspecified atom stereocenters. The van der Waals surface area contributed by atoms with Crippen LogP contribution in [0.25, 0.3) is 22.3 Å². The van der Waals surface area contributed by atoms with Gasteiger partial charge in [-0.25, -0.2) is 0 Å². The molecular weight excluding hydrogens is 440 g/mol. The van der Waals surface area contributed by atoms with Gasteiger partial charge in [0.1, 0.15) is 40.8 Å². The Morgan fingerprint density at radius 2 is 1.58 bits per heavy atom. The Kier molecular flexibility index (Phi) is 6.43. The Hall–Kier alpha value is -3.51. The monoisotopic (exact) mass is 464 g/mol. The maximum Gasteiger partial charge on any atom is 0.238 e. The van der Waals surface area contributed by atoms with E-state index < -0.39 is 59.1 Å². The van der Waals surface area contributed by atoms with Gasteiger partial charge in [0.15, 0.2) is 17.3 Å². The molecule has 0 saturated carbocycles. The fraction of sp³-hybridized carbons (Fsp3) is 0.318. The molecule has 11 nitrogen and oxygen atoms in total. The van der Waals surface area contributed by atoms with E-state index >= 15 is 0 Å². The largest absolute Gasteiger partial charge is 0.507 e. The fourth-order valence-corrected chi connectivity index (χ4v) is 3.44. The molecule has 0 aliphatic carbocycles. The summed E-state index contributed by atoms with van der Waals surface area (Å²) in [5, 5.41) is 69.3. The average Bonchev–Trinajstić information content (AvgIpc) is 2.74. The number of hydrogen-bond acceptors (Lipinski definition) is 11. The quantitative estimate of drug-likeness (QED) is 0.275. The van der Waals surface area contributed by atoms with Crippen LogP contribution >= 0.6 is 0 Å². The lowest BCUT2D eigenvalue weighted by Gasteiger charge is -2.38. The van der Waals surface area contributed by atoms with Gasteiger partial charge in [0.2, 0.25) is 17.5 Å². The maximum atomic E-state index is 12.6. The lowest BCUT2D eigenvalue weighted by atomic mass is 10.00. The molecule has 4 rings (SSSR count). The minimum absolute atomic E-state index is 0. The summed E-state index contributed by atoms with van der Waals surface area (Å²) in [5.41, 5.74) is -1.09. The minimum Gasteiger partial charge on any atom is -0.507 e. The molecule has 0 radical (unpaired) electrons. The van der Waals surface area contributed by atoms with Crippen LogP contribution in [0.2, 0.25) is 0 Å². The van der Waals surface area contributed by atoms with Gasteiger partial charge < -0.3 is 49.6 Å². The summed E-state index contributed by atoms with van der Waals surface area (Å²) in [4.78, 5) is 12.6. The van der Waals surface area contributed by atoms with Crippen LogP contribution in [0.15, 0.2) is 39.5 Å². The third-order valence-corrected chi connectivity index (χ3v) is 5.22. The molecule has 1 aliphatic rings. The summed E-state index contributed by atoms with van der Waals surface area (Å²) < 4.78 is 16.4. The Balaban J connectivity index is 0.00000306. The molecule has 0 bridgehead atoms. The van der Waals surface area contributed by atoms with E-state index in [9.17, 15) is 40.5 Å². The molecule has 7 N–H and O–H groups in total. The van der Waals surface area contributed by atoms with Crippen molar-refractivity contribution in [3.63, 3.8) is 0 Å². The highest BCUT2D eigenvalue weighted by molar-refractivity contribution is 5.88. The van der Waals surface area contributed by atoms with E-state index in [2.05, 4.69) is 0 Å². The molecule has 178 valence electrons. The Morgan fingerprint density at radius 3 is 2.24 bits per heavy atom. The van der Waals surface area contributed by atoms with Crippen molar-refractivity contribution < 1.29 is 49.6 Å². The van der Waals surface area contributed by atoms with E-state index in [1.165, 1.54) is 19.1 Å². The van der Waals surface area contributed by atoms with Crippen LogP contribution in [-0.4, -0.2) is 66.5 Å². The van der Waals surface area contributed by atoms with Gasteiger partial charge in [-0.05, 0) is 25.1 Å². The zero-order valence-electron chi connectivity index (χ0n) is 16.5. The van der Waals surface area contributed by atoms with Crippen molar-refractivity contribution in [1.29, 1.82) is 0 Å². The van der Waals surface area contributed by atoms with Gasteiger partial charge in [0.05, 0.1) is 6.10 Å². The van der Waals surface area contributed by atoms with Crippen LogP contribution in [0.4, 0.5) is 0 Å².